The number of hydrogen-bond acceptors (Lipinski definition) is 2. The molecule has 5 heteroatoms. The predicted molar refractivity (Wildman–Crippen MR) is 67.6 cm³/mol. The number of carbonyl (C=O) groups is 2. The topological polar surface area (TPSA) is 49.4 Å². The number of piperazine rings is 1. The molecule has 0 aromatic heterocycles. The third-order valence-electron chi connectivity index (χ3n) is 2.41. The van der Waals surface area contributed by atoms with E-state index in [0.29, 0.717) is 6.54 Å². The smallest absolute Gasteiger partial charge is 0.242 e. The van der Waals surface area contributed by atoms with Crippen molar-refractivity contribution in [2.24, 2.45) is 0 Å². The third-order valence-corrected chi connectivity index (χ3v) is 3.13. The number of nitrogens with zero attached hydrogens (tertiary/aromatic N) is 1. The molecule has 1 aromatic carbocycles. The van der Waals surface area contributed by atoms with Crippen LogP contribution in [0.4, 0.5) is 0 Å². The lowest BCUT2D eigenvalue weighted by atomic mass is 10.2. The maximum Gasteiger partial charge on any atom is 0.242 e. The summed E-state index contributed by atoms with van der Waals surface area (Å²) in [7, 11) is 0. The van der Waals surface area contributed by atoms with Gasteiger partial charge in [0.2, 0.25) is 11.8 Å². The molecule has 84 valence electrons. The average molecular weight is 330 g/mol. The van der Waals surface area contributed by atoms with Gasteiger partial charge in [0, 0.05) is 10.1 Å². The minimum absolute atomic E-state index is 0.0295. The van der Waals surface area contributed by atoms with E-state index in [1.165, 1.54) is 0 Å². The van der Waals surface area contributed by atoms with Gasteiger partial charge in [-0.05, 0) is 40.3 Å². The van der Waals surface area contributed by atoms with Crippen LogP contribution in [0.5, 0.6) is 0 Å². The second-order valence-corrected chi connectivity index (χ2v) is 4.90. The first-order valence-corrected chi connectivity index (χ1v) is 6.02. The zero-order chi connectivity index (χ0) is 11.5. The highest BCUT2D eigenvalue weighted by atomic mass is 127. The van der Waals surface area contributed by atoms with Crippen molar-refractivity contribution < 1.29 is 9.59 Å². The lowest BCUT2D eigenvalue weighted by molar-refractivity contribution is -0.141. The molecule has 0 radical (unpaired) electrons. The number of nitrogens with one attached hydrogen (secondary N) is 1. The Bertz CT molecular complexity index is 416. The van der Waals surface area contributed by atoms with Crippen LogP contribution in [-0.4, -0.2) is 29.8 Å². The van der Waals surface area contributed by atoms with Crippen LogP contribution in [0.25, 0.3) is 0 Å². The Hall–Kier alpha value is -1.11. The molecule has 1 fully saturated rings. The van der Waals surface area contributed by atoms with Crippen molar-refractivity contribution >= 4 is 34.4 Å². The molecule has 0 aliphatic carbocycles. The first-order valence-electron chi connectivity index (χ1n) is 4.94. The summed E-state index contributed by atoms with van der Waals surface area (Å²) in [6, 6.07) is 7.93. The van der Waals surface area contributed by atoms with Gasteiger partial charge in [-0.1, -0.05) is 12.1 Å². The molecular formula is C11H11IN2O2. The fourth-order valence-electron chi connectivity index (χ4n) is 1.56. The highest BCUT2D eigenvalue weighted by Crippen LogP contribution is 2.10. The van der Waals surface area contributed by atoms with Crippen molar-refractivity contribution in [3.05, 3.63) is 33.4 Å². The van der Waals surface area contributed by atoms with Gasteiger partial charge in [-0.2, -0.15) is 0 Å². The molecule has 0 saturated carbocycles. The lowest BCUT2D eigenvalue weighted by Gasteiger charge is -2.26. The molecule has 1 aliphatic rings. The Morgan fingerprint density at radius 1 is 1.25 bits per heavy atom. The van der Waals surface area contributed by atoms with Crippen LogP contribution in [0, 0.1) is 3.57 Å². The maximum atomic E-state index is 11.5. The maximum absolute atomic E-state index is 11.5. The number of amides is 2. The lowest BCUT2D eigenvalue weighted by Crippen LogP contribution is -2.50. The molecule has 1 aromatic rings. The number of rotatable bonds is 2. The van der Waals surface area contributed by atoms with Gasteiger partial charge < -0.3 is 10.2 Å². The molecule has 1 N–H and O–H groups in total. The van der Waals surface area contributed by atoms with Crippen LogP contribution in [-0.2, 0) is 16.1 Å². The average Bonchev–Trinajstić information content (AvgIpc) is 2.27. The Morgan fingerprint density at radius 2 is 1.94 bits per heavy atom. The summed E-state index contributed by atoms with van der Waals surface area (Å²) in [5, 5.41) is 2.53. The Balaban J connectivity index is 2.05. The number of benzene rings is 1. The van der Waals surface area contributed by atoms with Gasteiger partial charge >= 0.3 is 0 Å². The standard InChI is InChI=1S/C11H11IN2O2/c12-9-3-1-8(2-4-9)6-14-7-10(15)13-5-11(14)16/h1-4H,5-7H2,(H,13,15). The SMILES string of the molecule is O=C1CN(Cc2ccc(I)cc2)C(=O)CN1. The van der Waals surface area contributed by atoms with Crippen LogP contribution in [0.1, 0.15) is 5.56 Å². The second-order valence-electron chi connectivity index (χ2n) is 3.65. The Kier molecular flexibility index (Phi) is 3.42. The van der Waals surface area contributed by atoms with E-state index in [0.717, 1.165) is 9.13 Å². The first-order chi connectivity index (χ1) is 7.65. The van der Waals surface area contributed by atoms with Crippen molar-refractivity contribution in [3.63, 3.8) is 0 Å². The Labute approximate surface area is 107 Å². The van der Waals surface area contributed by atoms with Gasteiger partial charge in [0.1, 0.15) is 0 Å². The van der Waals surface area contributed by atoms with E-state index in [2.05, 4.69) is 27.9 Å². The summed E-state index contributed by atoms with van der Waals surface area (Å²) in [5.74, 6) is -0.122. The zero-order valence-corrected chi connectivity index (χ0v) is 10.7. The highest BCUT2D eigenvalue weighted by Gasteiger charge is 2.22. The van der Waals surface area contributed by atoms with Gasteiger partial charge in [-0.3, -0.25) is 9.59 Å². The van der Waals surface area contributed by atoms with E-state index in [1.54, 1.807) is 4.90 Å². The Morgan fingerprint density at radius 3 is 2.62 bits per heavy atom. The molecule has 2 rings (SSSR count). The van der Waals surface area contributed by atoms with Crippen LogP contribution in [0.3, 0.4) is 0 Å². The highest BCUT2D eigenvalue weighted by molar-refractivity contribution is 14.1. The zero-order valence-electron chi connectivity index (χ0n) is 8.57. The molecule has 2 amide bonds. The summed E-state index contributed by atoms with van der Waals surface area (Å²) in [6.07, 6.45) is 0. The van der Waals surface area contributed by atoms with Crippen LogP contribution in [0.2, 0.25) is 0 Å². The summed E-state index contributed by atoms with van der Waals surface area (Å²) in [5.41, 5.74) is 1.04. The molecule has 0 unspecified atom stereocenters. The van der Waals surface area contributed by atoms with Crippen LogP contribution < -0.4 is 5.32 Å². The quantitative estimate of drug-likeness (QED) is 0.814. The van der Waals surface area contributed by atoms with E-state index < -0.39 is 0 Å². The fraction of sp³-hybridized carbons (Fsp3) is 0.273. The molecule has 1 saturated heterocycles. The molecule has 4 nitrogen and oxygen atoms in total. The van der Waals surface area contributed by atoms with Gasteiger partial charge in [0.25, 0.3) is 0 Å². The van der Waals surface area contributed by atoms with Crippen molar-refractivity contribution in [3.8, 4) is 0 Å². The van der Waals surface area contributed by atoms with Gasteiger partial charge in [-0.15, -0.1) is 0 Å². The van der Waals surface area contributed by atoms with E-state index >= 15 is 0 Å². The minimum atomic E-state index is -0.0925. The number of carbonyl (C=O) groups excluding carboxylic acids is 2. The third kappa shape index (κ3) is 2.72. The molecule has 1 heterocycles. The molecular weight excluding hydrogens is 319 g/mol. The summed E-state index contributed by atoms with van der Waals surface area (Å²) in [4.78, 5) is 24.2. The van der Waals surface area contributed by atoms with Crippen LogP contribution in [0.15, 0.2) is 24.3 Å². The number of halogens is 1. The van der Waals surface area contributed by atoms with Gasteiger partial charge in [-0.25, -0.2) is 0 Å². The monoisotopic (exact) mass is 330 g/mol. The summed E-state index contributed by atoms with van der Waals surface area (Å²) in [6.45, 7) is 0.775. The normalized spacial score (nSPS) is 16.2. The van der Waals surface area contributed by atoms with E-state index in [-0.39, 0.29) is 24.9 Å². The van der Waals surface area contributed by atoms with Crippen molar-refractivity contribution in [1.82, 2.24) is 10.2 Å². The second kappa shape index (κ2) is 4.82. The minimum Gasteiger partial charge on any atom is -0.345 e. The van der Waals surface area contributed by atoms with Gasteiger partial charge in [0.15, 0.2) is 0 Å². The molecule has 0 spiro atoms. The molecule has 1 aliphatic heterocycles. The summed E-state index contributed by atoms with van der Waals surface area (Å²) >= 11 is 2.23. The largest absolute Gasteiger partial charge is 0.345 e. The predicted octanol–water partition coefficient (Wildman–Crippen LogP) is 0.750. The molecule has 0 atom stereocenters. The van der Waals surface area contributed by atoms with Crippen molar-refractivity contribution in [2.75, 3.05) is 13.1 Å². The summed E-state index contributed by atoms with van der Waals surface area (Å²) < 4.78 is 1.16. The van der Waals surface area contributed by atoms with E-state index in [1.807, 2.05) is 24.3 Å². The first kappa shape index (κ1) is 11.4. The van der Waals surface area contributed by atoms with E-state index in [4.69, 9.17) is 0 Å². The molecule has 0 bridgehead atoms. The van der Waals surface area contributed by atoms with Gasteiger partial charge in [0.05, 0.1) is 13.1 Å². The molecule has 16 heavy (non-hydrogen) atoms. The van der Waals surface area contributed by atoms with E-state index in [9.17, 15) is 9.59 Å². The number of hydrogen-bond donors (Lipinski definition) is 1. The van der Waals surface area contributed by atoms with Crippen molar-refractivity contribution in [1.29, 1.82) is 0 Å². The fourth-order valence-corrected chi connectivity index (χ4v) is 1.92. The van der Waals surface area contributed by atoms with Crippen LogP contribution >= 0.6 is 22.6 Å². The van der Waals surface area contributed by atoms with Crippen molar-refractivity contribution in [2.45, 2.75) is 6.54 Å².